The fourth-order valence-corrected chi connectivity index (χ4v) is 2.92. The minimum atomic E-state index is -0.487. The van der Waals surface area contributed by atoms with Crippen LogP contribution in [0.1, 0.15) is 45.5 Å². The minimum Gasteiger partial charge on any atom is -0.346 e. The predicted octanol–water partition coefficient (Wildman–Crippen LogP) is 2.52. The Bertz CT molecular complexity index is 649. The van der Waals surface area contributed by atoms with Gasteiger partial charge in [0.2, 0.25) is 5.91 Å². The first-order chi connectivity index (χ1) is 10.5. The van der Waals surface area contributed by atoms with Crippen LogP contribution in [0.4, 0.5) is 0 Å². The Labute approximate surface area is 131 Å². The molecule has 1 aromatic carbocycles. The van der Waals surface area contributed by atoms with E-state index in [1.165, 1.54) is 0 Å². The van der Waals surface area contributed by atoms with Crippen LogP contribution in [0.25, 0.3) is 11.0 Å². The third-order valence-corrected chi connectivity index (χ3v) is 4.78. The van der Waals surface area contributed by atoms with Crippen LogP contribution >= 0.6 is 0 Å². The van der Waals surface area contributed by atoms with E-state index in [2.05, 4.69) is 10.3 Å². The Balaban J connectivity index is 2.25. The zero-order chi connectivity index (χ0) is 16.3. The van der Waals surface area contributed by atoms with Crippen LogP contribution in [-0.4, -0.2) is 22.0 Å². The van der Waals surface area contributed by atoms with E-state index < -0.39 is 5.41 Å². The first kappa shape index (κ1) is 16.5. The van der Waals surface area contributed by atoms with Gasteiger partial charge in [0, 0.05) is 13.6 Å². The van der Waals surface area contributed by atoms with Crippen LogP contribution < -0.4 is 11.1 Å². The van der Waals surface area contributed by atoms with Crippen molar-refractivity contribution >= 4 is 16.9 Å². The Kier molecular flexibility index (Phi) is 4.86. The Hall–Kier alpha value is -1.88. The zero-order valence-electron chi connectivity index (χ0n) is 13.9. The van der Waals surface area contributed by atoms with Crippen LogP contribution in [0.5, 0.6) is 0 Å². The molecule has 0 aliphatic heterocycles. The van der Waals surface area contributed by atoms with Crippen molar-refractivity contribution in [2.75, 3.05) is 6.54 Å². The number of carbonyl (C=O) groups is 1. The molecule has 5 nitrogen and oxygen atoms in total. The lowest BCUT2D eigenvalue weighted by Crippen LogP contribution is -2.46. The van der Waals surface area contributed by atoms with E-state index in [9.17, 15) is 4.79 Å². The van der Waals surface area contributed by atoms with Crippen molar-refractivity contribution in [3.8, 4) is 0 Å². The standard InChI is InChI=1S/C17H26N4O/c1-5-17(6-2,11-18)16(22)19-12(3)15-20-13-9-7-8-10-14(13)21(15)4/h7-10,12H,5-6,11,18H2,1-4H3,(H,19,22). The van der Waals surface area contributed by atoms with E-state index in [0.717, 1.165) is 29.7 Å². The molecule has 2 aromatic rings. The summed E-state index contributed by atoms with van der Waals surface area (Å²) in [6.45, 7) is 6.35. The number of benzene rings is 1. The monoisotopic (exact) mass is 302 g/mol. The summed E-state index contributed by atoms with van der Waals surface area (Å²) in [7, 11) is 1.98. The summed E-state index contributed by atoms with van der Waals surface area (Å²) in [5.74, 6) is 0.868. The average Bonchev–Trinajstić information content (AvgIpc) is 2.87. The van der Waals surface area contributed by atoms with Crippen LogP contribution in [0, 0.1) is 5.41 Å². The van der Waals surface area contributed by atoms with E-state index in [1.54, 1.807) is 0 Å². The molecule has 1 aromatic heterocycles. The van der Waals surface area contributed by atoms with E-state index >= 15 is 0 Å². The van der Waals surface area contributed by atoms with Crippen LogP contribution in [0.3, 0.4) is 0 Å². The highest BCUT2D eigenvalue weighted by molar-refractivity contribution is 5.83. The second-order valence-electron chi connectivity index (χ2n) is 5.90. The molecule has 1 heterocycles. The summed E-state index contributed by atoms with van der Waals surface area (Å²) in [4.78, 5) is 17.3. The number of nitrogens with zero attached hydrogens (tertiary/aromatic N) is 2. The lowest BCUT2D eigenvalue weighted by atomic mass is 9.81. The second-order valence-corrected chi connectivity index (χ2v) is 5.90. The van der Waals surface area contributed by atoms with E-state index in [-0.39, 0.29) is 11.9 Å². The number of amides is 1. The van der Waals surface area contributed by atoms with Gasteiger partial charge in [-0.05, 0) is 31.9 Å². The Morgan fingerprint density at radius 1 is 1.36 bits per heavy atom. The molecular formula is C17H26N4O. The van der Waals surface area contributed by atoms with Crippen molar-refractivity contribution in [2.45, 2.75) is 39.7 Å². The van der Waals surface area contributed by atoms with Crippen molar-refractivity contribution in [3.05, 3.63) is 30.1 Å². The van der Waals surface area contributed by atoms with Crippen molar-refractivity contribution < 1.29 is 4.79 Å². The molecule has 0 spiro atoms. The molecule has 0 aliphatic rings. The van der Waals surface area contributed by atoms with Gasteiger partial charge in [-0.15, -0.1) is 0 Å². The lowest BCUT2D eigenvalue weighted by molar-refractivity contribution is -0.131. The number of nitrogens with one attached hydrogen (secondary N) is 1. The molecule has 0 saturated carbocycles. The van der Waals surface area contributed by atoms with Crippen LogP contribution in [-0.2, 0) is 11.8 Å². The molecule has 1 atom stereocenters. The first-order valence-corrected chi connectivity index (χ1v) is 7.91. The molecular weight excluding hydrogens is 276 g/mol. The third kappa shape index (κ3) is 2.73. The normalized spacial score (nSPS) is 13.3. The highest BCUT2D eigenvalue weighted by atomic mass is 16.2. The Morgan fingerprint density at radius 3 is 2.55 bits per heavy atom. The van der Waals surface area contributed by atoms with E-state index in [0.29, 0.717) is 6.54 Å². The molecule has 5 heteroatoms. The maximum absolute atomic E-state index is 12.6. The average molecular weight is 302 g/mol. The molecule has 22 heavy (non-hydrogen) atoms. The van der Waals surface area contributed by atoms with Gasteiger partial charge in [-0.1, -0.05) is 26.0 Å². The quantitative estimate of drug-likeness (QED) is 0.861. The van der Waals surface area contributed by atoms with Gasteiger partial charge in [-0.3, -0.25) is 4.79 Å². The molecule has 0 aliphatic carbocycles. The lowest BCUT2D eigenvalue weighted by Gasteiger charge is -2.30. The van der Waals surface area contributed by atoms with Crippen molar-refractivity contribution in [1.29, 1.82) is 0 Å². The number of para-hydroxylation sites is 2. The maximum atomic E-state index is 12.6. The molecule has 1 unspecified atom stereocenters. The topological polar surface area (TPSA) is 72.9 Å². The first-order valence-electron chi connectivity index (χ1n) is 7.91. The minimum absolute atomic E-state index is 0.0135. The van der Waals surface area contributed by atoms with Crippen LogP contribution in [0.2, 0.25) is 0 Å². The van der Waals surface area contributed by atoms with Gasteiger partial charge < -0.3 is 15.6 Å². The second kappa shape index (κ2) is 6.48. The summed E-state index contributed by atoms with van der Waals surface area (Å²) >= 11 is 0. The Morgan fingerprint density at radius 2 is 2.00 bits per heavy atom. The van der Waals surface area contributed by atoms with Gasteiger partial charge in [0.1, 0.15) is 5.82 Å². The number of nitrogens with two attached hydrogens (primary N) is 1. The largest absolute Gasteiger partial charge is 0.346 e. The molecule has 0 fully saturated rings. The molecule has 2 rings (SSSR count). The zero-order valence-corrected chi connectivity index (χ0v) is 13.9. The molecule has 1 amide bonds. The summed E-state index contributed by atoms with van der Waals surface area (Å²) in [5, 5.41) is 3.09. The number of carbonyl (C=O) groups excluding carboxylic acids is 1. The van der Waals surface area contributed by atoms with Crippen molar-refractivity contribution in [3.63, 3.8) is 0 Å². The number of hydrogen-bond donors (Lipinski definition) is 2. The van der Waals surface area contributed by atoms with Gasteiger partial charge >= 0.3 is 0 Å². The van der Waals surface area contributed by atoms with E-state index in [1.807, 2.05) is 56.7 Å². The highest BCUT2D eigenvalue weighted by Gasteiger charge is 2.34. The van der Waals surface area contributed by atoms with Crippen molar-refractivity contribution in [1.82, 2.24) is 14.9 Å². The smallest absolute Gasteiger partial charge is 0.228 e. The molecule has 120 valence electrons. The summed E-state index contributed by atoms with van der Waals surface area (Å²) < 4.78 is 2.03. The maximum Gasteiger partial charge on any atom is 0.228 e. The summed E-state index contributed by atoms with van der Waals surface area (Å²) in [5.41, 5.74) is 7.37. The molecule has 0 bridgehead atoms. The number of fused-ring (bicyclic) bond motifs is 1. The SMILES string of the molecule is CCC(CC)(CN)C(=O)NC(C)c1nc2ccccc2n1C. The fraction of sp³-hybridized carbons (Fsp3) is 0.529. The van der Waals surface area contributed by atoms with E-state index in [4.69, 9.17) is 5.73 Å². The highest BCUT2D eigenvalue weighted by Crippen LogP contribution is 2.27. The molecule has 3 N–H and O–H groups in total. The number of imidazole rings is 1. The number of rotatable bonds is 6. The number of aryl methyl sites for hydroxylation is 1. The number of hydrogen-bond acceptors (Lipinski definition) is 3. The van der Waals surface area contributed by atoms with Gasteiger partial charge in [-0.25, -0.2) is 4.98 Å². The van der Waals surface area contributed by atoms with Gasteiger partial charge in [0.15, 0.2) is 0 Å². The summed E-state index contributed by atoms with van der Waals surface area (Å²) in [6.07, 6.45) is 1.47. The number of aromatic nitrogens is 2. The van der Waals surface area contributed by atoms with Crippen molar-refractivity contribution in [2.24, 2.45) is 18.2 Å². The van der Waals surface area contributed by atoms with Crippen LogP contribution in [0.15, 0.2) is 24.3 Å². The van der Waals surface area contributed by atoms with Gasteiger partial charge in [-0.2, -0.15) is 0 Å². The summed E-state index contributed by atoms with van der Waals surface area (Å²) in [6, 6.07) is 7.81. The van der Waals surface area contributed by atoms with Gasteiger partial charge in [0.25, 0.3) is 0 Å². The van der Waals surface area contributed by atoms with Gasteiger partial charge in [0.05, 0.1) is 22.5 Å². The molecule has 0 radical (unpaired) electrons. The molecule has 0 saturated heterocycles. The fourth-order valence-electron chi connectivity index (χ4n) is 2.92. The third-order valence-electron chi connectivity index (χ3n) is 4.78. The predicted molar refractivity (Wildman–Crippen MR) is 89.3 cm³/mol.